The summed E-state index contributed by atoms with van der Waals surface area (Å²) in [6, 6.07) is 4.68. The number of aromatic nitrogens is 2. The van der Waals surface area contributed by atoms with E-state index in [0.29, 0.717) is 11.4 Å². The number of hydrogen-bond donors (Lipinski definition) is 3. The molecule has 1 atom stereocenters. The Morgan fingerprint density at radius 2 is 2.16 bits per heavy atom. The van der Waals surface area contributed by atoms with Crippen LogP contribution in [0, 0.1) is 0 Å². The Morgan fingerprint density at radius 3 is 2.68 bits per heavy atom. The van der Waals surface area contributed by atoms with Crippen LogP contribution in [0.2, 0.25) is 0 Å². The van der Waals surface area contributed by atoms with E-state index in [2.05, 4.69) is 15.5 Å². The second-order valence-electron chi connectivity index (χ2n) is 4.42. The third-order valence-corrected chi connectivity index (χ3v) is 3.95. The van der Waals surface area contributed by atoms with Crippen molar-refractivity contribution in [3.05, 3.63) is 36.2 Å². The molecule has 0 aliphatic carbocycles. The molecule has 19 heavy (non-hydrogen) atoms. The SMILES string of the molecule is CC(Nc1ccc(S(C)(=O)=O)cc1N)c1cn[nH]c1. The van der Waals surface area contributed by atoms with Gasteiger partial charge in [-0.1, -0.05) is 0 Å². The molecule has 1 aromatic heterocycles. The highest BCUT2D eigenvalue weighted by molar-refractivity contribution is 7.90. The number of nitrogens with zero attached hydrogens (tertiary/aromatic N) is 1. The molecule has 0 aliphatic rings. The van der Waals surface area contributed by atoms with Gasteiger partial charge in [0, 0.05) is 18.0 Å². The molecule has 0 saturated heterocycles. The van der Waals surface area contributed by atoms with Gasteiger partial charge < -0.3 is 11.1 Å². The largest absolute Gasteiger partial charge is 0.397 e. The smallest absolute Gasteiger partial charge is 0.175 e. The van der Waals surface area contributed by atoms with Crippen molar-refractivity contribution >= 4 is 21.2 Å². The van der Waals surface area contributed by atoms with Crippen LogP contribution in [0.4, 0.5) is 11.4 Å². The number of nitrogens with two attached hydrogens (primary N) is 1. The summed E-state index contributed by atoms with van der Waals surface area (Å²) in [5, 5.41) is 9.83. The van der Waals surface area contributed by atoms with Gasteiger partial charge in [-0.15, -0.1) is 0 Å². The van der Waals surface area contributed by atoms with Gasteiger partial charge in [-0.25, -0.2) is 8.42 Å². The number of sulfone groups is 1. The highest BCUT2D eigenvalue weighted by atomic mass is 32.2. The quantitative estimate of drug-likeness (QED) is 0.738. The Labute approximate surface area is 111 Å². The summed E-state index contributed by atoms with van der Waals surface area (Å²) < 4.78 is 22.8. The molecular formula is C12H16N4O2S. The monoisotopic (exact) mass is 280 g/mol. The van der Waals surface area contributed by atoms with Crippen LogP contribution in [0.3, 0.4) is 0 Å². The molecule has 0 fully saturated rings. The van der Waals surface area contributed by atoms with Crippen LogP contribution in [0.25, 0.3) is 0 Å². The molecule has 1 heterocycles. The zero-order chi connectivity index (χ0) is 14.0. The van der Waals surface area contributed by atoms with Crippen molar-refractivity contribution in [2.75, 3.05) is 17.3 Å². The Bertz CT molecular complexity index is 665. The van der Waals surface area contributed by atoms with Crippen molar-refractivity contribution in [1.82, 2.24) is 10.2 Å². The lowest BCUT2D eigenvalue weighted by Gasteiger charge is -2.16. The minimum Gasteiger partial charge on any atom is -0.397 e. The minimum atomic E-state index is -3.24. The Morgan fingerprint density at radius 1 is 1.42 bits per heavy atom. The van der Waals surface area contributed by atoms with Crippen LogP contribution in [-0.2, 0) is 9.84 Å². The lowest BCUT2D eigenvalue weighted by atomic mass is 10.1. The van der Waals surface area contributed by atoms with Gasteiger partial charge in [0.2, 0.25) is 0 Å². The van der Waals surface area contributed by atoms with Crippen molar-refractivity contribution in [2.24, 2.45) is 0 Å². The van der Waals surface area contributed by atoms with Gasteiger partial charge in [-0.2, -0.15) is 5.10 Å². The van der Waals surface area contributed by atoms with Crippen LogP contribution < -0.4 is 11.1 Å². The van der Waals surface area contributed by atoms with E-state index in [-0.39, 0.29) is 10.9 Å². The van der Waals surface area contributed by atoms with E-state index in [1.807, 2.05) is 6.92 Å². The zero-order valence-electron chi connectivity index (χ0n) is 10.7. The topological polar surface area (TPSA) is 101 Å². The van der Waals surface area contributed by atoms with Gasteiger partial charge >= 0.3 is 0 Å². The van der Waals surface area contributed by atoms with Crippen molar-refractivity contribution in [2.45, 2.75) is 17.9 Å². The van der Waals surface area contributed by atoms with Gasteiger partial charge in [0.05, 0.1) is 28.5 Å². The second kappa shape index (κ2) is 4.93. The fourth-order valence-corrected chi connectivity index (χ4v) is 2.37. The normalized spacial score (nSPS) is 13.2. The molecule has 0 radical (unpaired) electrons. The van der Waals surface area contributed by atoms with Crippen LogP contribution >= 0.6 is 0 Å². The maximum absolute atomic E-state index is 11.4. The van der Waals surface area contributed by atoms with Crippen LogP contribution in [0.1, 0.15) is 18.5 Å². The number of hydrogen-bond acceptors (Lipinski definition) is 5. The second-order valence-corrected chi connectivity index (χ2v) is 6.43. The van der Waals surface area contributed by atoms with E-state index in [1.165, 1.54) is 12.1 Å². The lowest BCUT2D eigenvalue weighted by molar-refractivity contribution is 0.602. The zero-order valence-corrected chi connectivity index (χ0v) is 11.5. The van der Waals surface area contributed by atoms with E-state index < -0.39 is 9.84 Å². The van der Waals surface area contributed by atoms with Crippen molar-refractivity contribution in [3.8, 4) is 0 Å². The number of aromatic amines is 1. The predicted molar refractivity (Wildman–Crippen MR) is 74.6 cm³/mol. The Kier molecular flexibility index (Phi) is 3.48. The van der Waals surface area contributed by atoms with Crippen LogP contribution in [0.5, 0.6) is 0 Å². The summed E-state index contributed by atoms with van der Waals surface area (Å²) in [7, 11) is -3.24. The van der Waals surface area contributed by atoms with Gasteiger partial charge in [-0.05, 0) is 25.1 Å². The Hall–Kier alpha value is -2.02. The average molecular weight is 280 g/mol. The molecule has 4 N–H and O–H groups in total. The first kappa shape index (κ1) is 13.4. The molecule has 1 unspecified atom stereocenters. The van der Waals surface area contributed by atoms with E-state index in [0.717, 1.165) is 11.8 Å². The molecule has 0 aliphatic heterocycles. The summed E-state index contributed by atoms with van der Waals surface area (Å²) in [5.74, 6) is 0. The van der Waals surface area contributed by atoms with E-state index in [9.17, 15) is 8.42 Å². The number of nitrogens with one attached hydrogen (secondary N) is 2. The average Bonchev–Trinajstić information content (AvgIpc) is 2.84. The maximum Gasteiger partial charge on any atom is 0.175 e. The maximum atomic E-state index is 11.4. The third-order valence-electron chi connectivity index (χ3n) is 2.84. The molecule has 1 aromatic carbocycles. The first-order valence-corrected chi connectivity index (χ1v) is 7.62. The fourth-order valence-electron chi connectivity index (χ4n) is 1.72. The van der Waals surface area contributed by atoms with Crippen LogP contribution in [-0.4, -0.2) is 24.9 Å². The van der Waals surface area contributed by atoms with E-state index >= 15 is 0 Å². The number of benzene rings is 1. The van der Waals surface area contributed by atoms with Crippen molar-refractivity contribution in [1.29, 1.82) is 0 Å². The highest BCUT2D eigenvalue weighted by Gasteiger charge is 2.12. The van der Waals surface area contributed by atoms with E-state index in [1.54, 1.807) is 18.5 Å². The minimum absolute atomic E-state index is 0.0186. The number of anilines is 2. The third kappa shape index (κ3) is 3.05. The van der Waals surface area contributed by atoms with Crippen molar-refractivity contribution in [3.63, 3.8) is 0 Å². The van der Waals surface area contributed by atoms with Crippen molar-refractivity contribution < 1.29 is 8.42 Å². The number of nitrogen functional groups attached to an aromatic ring is 1. The summed E-state index contributed by atoms with van der Waals surface area (Å²) >= 11 is 0. The fraction of sp³-hybridized carbons (Fsp3) is 0.250. The lowest BCUT2D eigenvalue weighted by Crippen LogP contribution is -2.08. The van der Waals surface area contributed by atoms with Crippen LogP contribution in [0.15, 0.2) is 35.5 Å². The predicted octanol–water partition coefficient (Wildman–Crippen LogP) is 1.57. The summed E-state index contributed by atoms with van der Waals surface area (Å²) in [5.41, 5.74) is 7.96. The van der Waals surface area contributed by atoms with Gasteiger partial charge in [0.1, 0.15) is 0 Å². The summed E-state index contributed by atoms with van der Waals surface area (Å²) in [6.07, 6.45) is 4.67. The van der Waals surface area contributed by atoms with Gasteiger partial charge in [0.15, 0.2) is 9.84 Å². The van der Waals surface area contributed by atoms with Gasteiger partial charge in [0.25, 0.3) is 0 Å². The summed E-state index contributed by atoms with van der Waals surface area (Å²) in [4.78, 5) is 0.214. The highest BCUT2D eigenvalue weighted by Crippen LogP contribution is 2.26. The first-order chi connectivity index (χ1) is 8.88. The number of rotatable bonds is 4. The first-order valence-electron chi connectivity index (χ1n) is 5.72. The molecule has 0 spiro atoms. The molecule has 6 nitrogen and oxygen atoms in total. The summed E-state index contributed by atoms with van der Waals surface area (Å²) in [6.45, 7) is 1.97. The molecule has 0 bridgehead atoms. The molecule has 2 rings (SSSR count). The molecule has 0 amide bonds. The van der Waals surface area contributed by atoms with Gasteiger partial charge in [-0.3, -0.25) is 5.10 Å². The standard InChI is InChI=1S/C12H16N4O2S/c1-8(9-6-14-15-7-9)16-12-4-3-10(5-11(12)13)19(2,17)18/h3-8,16H,13H2,1-2H3,(H,14,15). The molecule has 0 saturated carbocycles. The Balaban J connectivity index is 2.23. The molecular weight excluding hydrogens is 264 g/mol. The molecule has 7 heteroatoms. The number of H-pyrrole nitrogens is 1. The molecule has 102 valence electrons. The van der Waals surface area contributed by atoms with E-state index in [4.69, 9.17) is 5.73 Å². The molecule has 2 aromatic rings.